The van der Waals surface area contributed by atoms with Crippen molar-refractivity contribution >= 4 is 15.7 Å². The van der Waals surface area contributed by atoms with E-state index in [4.69, 9.17) is 0 Å². The third-order valence-electron chi connectivity index (χ3n) is 4.26. The number of carbonyl (C=O) groups is 1. The lowest BCUT2D eigenvalue weighted by Crippen LogP contribution is -2.43. The highest BCUT2D eigenvalue weighted by atomic mass is 32.2. The molecule has 1 saturated carbocycles. The highest BCUT2D eigenvalue weighted by Crippen LogP contribution is 2.35. The average molecular weight is 323 g/mol. The van der Waals surface area contributed by atoms with Crippen LogP contribution in [0.2, 0.25) is 0 Å². The normalized spacial score (nSPS) is 25.1. The molecule has 1 aliphatic heterocycles. The van der Waals surface area contributed by atoms with Gasteiger partial charge in [0.25, 0.3) is 0 Å². The predicted molar refractivity (Wildman–Crippen MR) is 82.6 cm³/mol. The maximum Gasteiger partial charge on any atom is 0.238 e. The SMILES string of the molecule is CS(=O)(=O)c1ccc(CNC(=O)C2CC(C3CC3)NN2)cc1. The largest absolute Gasteiger partial charge is 0.351 e. The number of amides is 1. The van der Waals surface area contributed by atoms with E-state index in [-0.39, 0.29) is 16.8 Å². The van der Waals surface area contributed by atoms with Crippen LogP contribution in [0.15, 0.2) is 29.2 Å². The van der Waals surface area contributed by atoms with Crippen molar-refractivity contribution in [2.75, 3.05) is 6.26 Å². The number of rotatable bonds is 5. The molecule has 0 bridgehead atoms. The lowest BCUT2D eigenvalue weighted by Gasteiger charge is -2.11. The first-order chi connectivity index (χ1) is 10.4. The molecule has 2 unspecified atom stereocenters. The van der Waals surface area contributed by atoms with Crippen molar-refractivity contribution in [1.29, 1.82) is 0 Å². The molecule has 1 aliphatic carbocycles. The number of benzene rings is 1. The Morgan fingerprint density at radius 1 is 1.23 bits per heavy atom. The van der Waals surface area contributed by atoms with Gasteiger partial charge in [0.05, 0.1) is 4.90 Å². The van der Waals surface area contributed by atoms with E-state index in [0.717, 1.165) is 12.0 Å². The number of sulfone groups is 1. The number of hydrogen-bond acceptors (Lipinski definition) is 5. The summed E-state index contributed by atoms with van der Waals surface area (Å²) in [7, 11) is -3.18. The molecule has 0 spiro atoms. The summed E-state index contributed by atoms with van der Waals surface area (Å²) >= 11 is 0. The molecule has 0 radical (unpaired) electrons. The lowest BCUT2D eigenvalue weighted by atomic mass is 10.1. The number of hydrazine groups is 1. The van der Waals surface area contributed by atoms with Crippen LogP contribution in [0.4, 0.5) is 0 Å². The van der Waals surface area contributed by atoms with Crippen LogP contribution < -0.4 is 16.2 Å². The second kappa shape index (κ2) is 5.98. The smallest absolute Gasteiger partial charge is 0.238 e. The van der Waals surface area contributed by atoms with Crippen molar-refractivity contribution in [3.05, 3.63) is 29.8 Å². The first-order valence-electron chi connectivity index (χ1n) is 7.51. The Bertz CT molecular complexity index is 653. The highest BCUT2D eigenvalue weighted by Gasteiger charge is 2.38. The van der Waals surface area contributed by atoms with Crippen molar-refractivity contribution in [1.82, 2.24) is 16.2 Å². The molecular formula is C15H21N3O3S. The van der Waals surface area contributed by atoms with E-state index in [1.807, 2.05) is 0 Å². The van der Waals surface area contributed by atoms with Gasteiger partial charge in [-0.25, -0.2) is 13.8 Å². The standard InChI is InChI=1S/C15H21N3O3S/c1-22(20,21)12-6-2-10(3-7-12)9-16-15(19)14-8-13(17-18-14)11-4-5-11/h2-3,6-7,11,13-14,17-18H,4-5,8-9H2,1H3,(H,16,19). The summed E-state index contributed by atoms with van der Waals surface area (Å²) < 4.78 is 22.8. The summed E-state index contributed by atoms with van der Waals surface area (Å²) in [5.74, 6) is 0.691. The van der Waals surface area contributed by atoms with E-state index >= 15 is 0 Å². The summed E-state index contributed by atoms with van der Waals surface area (Å²) in [5, 5.41) is 2.89. The molecular weight excluding hydrogens is 302 g/mol. The molecule has 120 valence electrons. The zero-order valence-corrected chi connectivity index (χ0v) is 13.3. The van der Waals surface area contributed by atoms with Crippen molar-refractivity contribution < 1.29 is 13.2 Å². The topological polar surface area (TPSA) is 87.3 Å². The minimum atomic E-state index is -3.18. The van der Waals surface area contributed by atoms with Crippen LogP contribution in [0.25, 0.3) is 0 Å². The van der Waals surface area contributed by atoms with Gasteiger partial charge in [0.15, 0.2) is 9.84 Å². The van der Waals surface area contributed by atoms with Gasteiger partial charge in [-0.15, -0.1) is 0 Å². The van der Waals surface area contributed by atoms with Crippen LogP contribution >= 0.6 is 0 Å². The monoisotopic (exact) mass is 323 g/mol. The Labute approximate surface area is 130 Å². The van der Waals surface area contributed by atoms with Crippen molar-refractivity contribution in [2.45, 2.75) is 42.8 Å². The molecule has 3 N–H and O–H groups in total. The van der Waals surface area contributed by atoms with Crippen LogP contribution in [0.3, 0.4) is 0 Å². The third-order valence-corrected chi connectivity index (χ3v) is 5.39. The first-order valence-corrected chi connectivity index (χ1v) is 9.40. The number of nitrogens with one attached hydrogen (secondary N) is 3. The minimum absolute atomic E-state index is 0.0251. The van der Waals surface area contributed by atoms with E-state index in [9.17, 15) is 13.2 Å². The van der Waals surface area contributed by atoms with E-state index in [2.05, 4.69) is 16.2 Å². The van der Waals surface area contributed by atoms with E-state index in [1.54, 1.807) is 24.3 Å². The van der Waals surface area contributed by atoms with Gasteiger partial charge in [0, 0.05) is 18.8 Å². The lowest BCUT2D eigenvalue weighted by molar-refractivity contribution is -0.123. The maximum absolute atomic E-state index is 12.1. The van der Waals surface area contributed by atoms with Crippen LogP contribution in [-0.4, -0.2) is 32.7 Å². The summed E-state index contributed by atoms with van der Waals surface area (Å²) in [5.41, 5.74) is 7.13. The Hall–Kier alpha value is -1.44. The van der Waals surface area contributed by atoms with Crippen LogP contribution in [0.1, 0.15) is 24.8 Å². The fourth-order valence-electron chi connectivity index (χ4n) is 2.73. The molecule has 6 nitrogen and oxygen atoms in total. The molecule has 22 heavy (non-hydrogen) atoms. The van der Waals surface area contributed by atoms with E-state index in [0.29, 0.717) is 18.5 Å². The molecule has 1 amide bonds. The minimum Gasteiger partial charge on any atom is -0.351 e. The van der Waals surface area contributed by atoms with Gasteiger partial charge in [-0.1, -0.05) is 12.1 Å². The highest BCUT2D eigenvalue weighted by molar-refractivity contribution is 7.90. The number of hydrogen-bond donors (Lipinski definition) is 3. The third kappa shape index (κ3) is 3.66. The van der Waals surface area contributed by atoms with E-state index in [1.165, 1.54) is 19.1 Å². The Kier molecular flexibility index (Phi) is 4.20. The molecule has 1 aromatic carbocycles. The predicted octanol–water partition coefficient (Wildman–Crippen LogP) is 0.351. The van der Waals surface area contributed by atoms with Crippen molar-refractivity contribution in [3.63, 3.8) is 0 Å². The van der Waals surface area contributed by atoms with Gasteiger partial charge < -0.3 is 5.32 Å². The van der Waals surface area contributed by atoms with Gasteiger partial charge in [-0.3, -0.25) is 10.2 Å². The molecule has 0 aromatic heterocycles. The zero-order valence-electron chi connectivity index (χ0n) is 12.5. The average Bonchev–Trinajstić information content (AvgIpc) is 3.22. The molecule has 7 heteroatoms. The summed E-state index contributed by atoms with van der Waals surface area (Å²) in [6.07, 6.45) is 4.50. The Balaban J connectivity index is 1.50. The summed E-state index contributed by atoms with van der Waals surface area (Å²) in [4.78, 5) is 12.4. The first kappa shape index (κ1) is 15.5. The van der Waals surface area contributed by atoms with Crippen LogP contribution in [-0.2, 0) is 21.2 Å². The molecule has 2 atom stereocenters. The fourth-order valence-corrected chi connectivity index (χ4v) is 3.36. The van der Waals surface area contributed by atoms with E-state index < -0.39 is 9.84 Å². The van der Waals surface area contributed by atoms with Crippen LogP contribution in [0.5, 0.6) is 0 Å². The molecule has 1 saturated heterocycles. The molecule has 2 aliphatic rings. The molecule has 3 rings (SSSR count). The van der Waals surface area contributed by atoms with Crippen molar-refractivity contribution in [3.8, 4) is 0 Å². The van der Waals surface area contributed by atoms with Crippen molar-refractivity contribution in [2.24, 2.45) is 5.92 Å². The maximum atomic E-state index is 12.1. The number of carbonyl (C=O) groups excluding carboxylic acids is 1. The summed E-state index contributed by atoms with van der Waals surface area (Å²) in [6.45, 7) is 0.398. The van der Waals surface area contributed by atoms with Gasteiger partial charge in [0.2, 0.25) is 5.91 Å². The fraction of sp³-hybridized carbons (Fsp3) is 0.533. The van der Waals surface area contributed by atoms with Crippen LogP contribution in [0, 0.1) is 5.92 Å². The zero-order chi connectivity index (χ0) is 15.7. The molecule has 1 aromatic rings. The van der Waals surface area contributed by atoms with Gasteiger partial charge in [-0.05, 0) is 42.9 Å². The summed E-state index contributed by atoms with van der Waals surface area (Å²) in [6, 6.07) is 6.80. The second-order valence-electron chi connectivity index (χ2n) is 6.15. The molecule has 2 fully saturated rings. The van der Waals surface area contributed by atoms with Gasteiger partial charge in [0.1, 0.15) is 6.04 Å². The van der Waals surface area contributed by atoms with Gasteiger partial charge in [-0.2, -0.15) is 0 Å². The molecule has 1 heterocycles. The van der Waals surface area contributed by atoms with Gasteiger partial charge >= 0.3 is 0 Å². The second-order valence-corrected chi connectivity index (χ2v) is 8.17. The Morgan fingerprint density at radius 3 is 2.50 bits per heavy atom. The Morgan fingerprint density at radius 2 is 1.91 bits per heavy atom. The quantitative estimate of drug-likeness (QED) is 0.728.